The normalized spacial score (nSPS) is 14.4. The van der Waals surface area contributed by atoms with E-state index >= 15 is 4.39 Å². The van der Waals surface area contributed by atoms with E-state index < -0.39 is 33.5 Å². The zero-order valence-corrected chi connectivity index (χ0v) is 29.0. The summed E-state index contributed by atoms with van der Waals surface area (Å²) in [4.78, 5) is 21.5. The Kier molecular flexibility index (Phi) is 9.64. The molecule has 1 amide bonds. The fourth-order valence-corrected chi connectivity index (χ4v) is 6.72. The summed E-state index contributed by atoms with van der Waals surface area (Å²) in [5, 5.41) is 6.62. The molecule has 0 atom stereocenters. The van der Waals surface area contributed by atoms with Gasteiger partial charge in [0.25, 0.3) is 5.91 Å². The van der Waals surface area contributed by atoms with Gasteiger partial charge in [0.05, 0.1) is 41.2 Å². The average molecular weight is 723 g/mol. The van der Waals surface area contributed by atoms with E-state index in [2.05, 4.69) is 27.2 Å². The summed E-state index contributed by atoms with van der Waals surface area (Å²) in [6.45, 7) is 2.45. The van der Waals surface area contributed by atoms with Crippen LogP contribution in [0.2, 0.25) is 0 Å². The molecule has 11 nitrogen and oxygen atoms in total. The molecule has 1 saturated heterocycles. The van der Waals surface area contributed by atoms with Crippen molar-refractivity contribution in [3.63, 3.8) is 0 Å². The highest BCUT2D eigenvalue weighted by atomic mass is 32.2. The van der Waals surface area contributed by atoms with Crippen LogP contribution in [-0.2, 0) is 29.8 Å². The minimum Gasteiger partial charge on any atom is -0.339 e. The molecule has 0 spiro atoms. The molecule has 5 aromatic rings. The maximum absolute atomic E-state index is 15.1. The van der Waals surface area contributed by atoms with Gasteiger partial charge < -0.3 is 10.2 Å². The minimum absolute atomic E-state index is 0.0318. The molecule has 266 valence electrons. The van der Waals surface area contributed by atoms with Crippen molar-refractivity contribution in [1.29, 1.82) is 0 Å². The Bertz CT molecular complexity index is 2300. The van der Waals surface area contributed by atoms with Crippen molar-refractivity contribution in [2.75, 3.05) is 49.7 Å². The van der Waals surface area contributed by atoms with Gasteiger partial charge in [0.2, 0.25) is 10.0 Å². The number of imidazole rings is 1. The number of carbonyl (C=O) groups excluding carboxylic acids is 1. The maximum atomic E-state index is 15.1. The number of aromatic nitrogens is 4. The lowest BCUT2D eigenvalue weighted by atomic mass is 10.0. The number of fused-ring (bicyclic) bond motifs is 1. The highest BCUT2D eigenvalue weighted by molar-refractivity contribution is 7.88. The van der Waals surface area contributed by atoms with E-state index in [-0.39, 0.29) is 49.5 Å². The molecule has 0 aliphatic carbocycles. The molecular weight excluding hydrogens is 688 g/mol. The molecule has 1 aliphatic rings. The van der Waals surface area contributed by atoms with Crippen molar-refractivity contribution in [2.45, 2.75) is 19.6 Å². The molecule has 2 aromatic carbocycles. The van der Waals surface area contributed by atoms with Crippen molar-refractivity contribution in [1.82, 2.24) is 28.4 Å². The first kappa shape index (κ1) is 35.6. The summed E-state index contributed by atoms with van der Waals surface area (Å²) in [7, 11) is 0.331. The summed E-state index contributed by atoms with van der Waals surface area (Å²) in [6, 6.07) is 9.60. The number of sulfonamides is 1. The van der Waals surface area contributed by atoms with Gasteiger partial charge in [0, 0.05) is 70.5 Å². The number of nitrogens with one attached hydrogen (secondary N) is 1. The first-order valence-electron chi connectivity index (χ1n) is 15.8. The van der Waals surface area contributed by atoms with Crippen LogP contribution in [0.4, 0.5) is 34.6 Å². The van der Waals surface area contributed by atoms with Gasteiger partial charge in [0.1, 0.15) is 11.5 Å². The van der Waals surface area contributed by atoms with Crippen LogP contribution in [0.25, 0.3) is 5.65 Å². The van der Waals surface area contributed by atoms with Crippen LogP contribution in [0.3, 0.4) is 0 Å². The number of anilines is 3. The summed E-state index contributed by atoms with van der Waals surface area (Å²) >= 11 is 0. The fourth-order valence-electron chi connectivity index (χ4n) is 5.90. The van der Waals surface area contributed by atoms with E-state index in [4.69, 9.17) is 0 Å². The summed E-state index contributed by atoms with van der Waals surface area (Å²) < 4.78 is 86.0. The minimum atomic E-state index is -4.74. The second-order valence-corrected chi connectivity index (χ2v) is 14.3. The molecule has 0 unspecified atom stereocenters. The van der Waals surface area contributed by atoms with E-state index in [9.17, 15) is 26.4 Å². The molecule has 0 bridgehead atoms. The Morgan fingerprint density at radius 2 is 1.80 bits per heavy atom. The third kappa shape index (κ3) is 7.75. The van der Waals surface area contributed by atoms with Crippen LogP contribution in [-0.4, -0.2) is 82.2 Å². The van der Waals surface area contributed by atoms with E-state index in [0.29, 0.717) is 22.5 Å². The Morgan fingerprint density at radius 1 is 1.06 bits per heavy atom. The molecule has 3 aromatic heterocycles. The van der Waals surface area contributed by atoms with Crippen LogP contribution in [0.1, 0.15) is 38.3 Å². The van der Waals surface area contributed by atoms with Gasteiger partial charge in [-0.05, 0) is 60.4 Å². The first-order chi connectivity index (χ1) is 24.1. The number of carbonyl (C=O) groups is 1. The Balaban J connectivity index is 1.21. The number of halogens is 4. The smallest absolute Gasteiger partial charge is 0.339 e. The molecule has 1 aliphatic heterocycles. The molecule has 1 N–H and O–H groups in total. The van der Waals surface area contributed by atoms with Gasteiger partial charge in [-0.1, -0.05) is 12.0 Å². The predicted octanol–water partition coefficient (Wildman–Crippen LogP) is 5.03. The van der Waals surface area contributed by atoms with E-state index in [1.807, 2.05) is 43.5 Å². The summed E-state index contributed by atoms with van der Waals surface area (Å²) in [5.74, 6) is 4.24. The number of nitrogens with zero attached hydrogens (tertiary/aromatic N) is 7. The monoisotopic (exact) mass is 722 g/mol. The van der Waals surface area contributed by atoms with Crippen molar-refractivity contribution in [2.24, 2.45) is 7.05 Å². The third-order valence-corrected chi connectivity index (χ3v) is 10.0. The second kappa shape index (κ2) is 13.8. The molecule has 0 saturated carbocycles. The van der Waals surface area contributed by atoms with Crippen molar-refractivity contribution in [3.05, 3.63) is 107 Å². The van der Waals surface area contributed by atoms with Crippen LogP contribution < -0.4 is 10.2 Å². The van der Waals surface area contributed by atoms with Crippen molar-refractivity contribution < 1.29 is 30.8 Å². The first-order valence-corrected chi connectivity index (χ1v) is 17.6. The van der Waals surface area contributed by atoms with E-state index in [0.717, 1.165) is 29.8 Å². The molecule has 1 fully saturated rings. The molecule has 4 heterocycles. The molecule has 6 rings (SSSR count). The van der Waals surface area contributed by atoms with E-state index in [1.54, 1.807) is 33.3 Å². The Morgan fingerprint density at radius 3 is 2.47 bits per heavy atom. The quantitative estimate of drug-likeness (QED) is 0.186. The highest BCUT2D eigenvalue weighted by Gasteiger charge is 2.35. The summed E-state index contributed by atoms with van der Waals surface area (Å²) in [5.41, 5.74) is 2.13. The number of benzene rings is 2. The lowest BCUT2D eigenvalue weighted by Gasteiger charge is -2.33. The SMILES string of the molecule is Cc1cc(F)c(C(=O)Nc2ccc(CN3CCN(S(C)(=O)=O)CC3)c(C(F)(F)F)c2)cc1C#Cc1cnc2c(N(C)c3cnn(C)c3)cccn12. The van der Waals surface area contributed by atoms with Crippen molar-refractivity contribution in [3.8, 4) is 11.8 Å². The van der Waals surface area contributed by atoms with Crippen LogP contribution >= 0.6 is 0 Å². The number of alkyl halides is 3. The highest BCUT2D eigenvalue weighted by Crippen LogP contribution is 2.35. The molecule has 16 heteroatoms. The molecule has 0 radical (unpaired) electrons. The zero-order valence-electron chi connectivity index (χ0n) is 28.2. The zero-order chi connectivity index (χ0) is 36.7. The Hall–Kier alpha value is -5.24. The van der Waals surface area contributed by atoms with Crippen LogP contribution in [0.15, 0.2) is 67.3 Å². The number of piperazine rings is 1. The average Bonchev–Trinajstić information content (AvgIpc) is 3.70. The van der Waals surface area contributed by atoms with Gasteiger partial charge in [-0.3, -0.25) is 18.8 Å². The van der Waals surface area contributed by atoms with Gasteiger partial charge in [-0.15, -0.1) is 0 Å². The summed E-state index contributed by atoms with van der Waals surface area (Å²) in [6.07, 6.45) is 3.37. The van der Waals surface area contributed by atoms with Gasteiger partial charge >= 0.3 is 6.18 Å². The van der Waals surface area contributed by atoms with E-state index in [1.165, 1.54) is 22.5 Å². The number of rotatable bonds is 7. The third-order valence-electron chi connectivity index (χ3n) is 8.71. The number of aryl methyl sites for hydroxylation is 2. The fraction of sp³-hybridized carbons (Fsp3) is 0.286. The predicted molar refractivity (Wildman–Crippen MR) is 185 cm³/mol. The number of hydrogen-bond acceptors (Lipinski definition) is 7. The number of hydrogen-bond donors (Lipinski definition) is 1. The molecule has 51 heavy (non-hydrogen) atoms. The van der Waals surface area contributed by atoms with Crippen LogP contribution in [0, 0.1) is 24.6 Å². The second-order valence-electron chi connectivity index (χ2n) is 12.3. The Labute approximate surface area is 292 Å². The standard InChI is InChI=1S/C35H34F4N8O3S/c1-23-16-31(36)29(17-24(23)8-10-27-19-40-33-32(6-5-11-47(27)33)44(3)28-20-41-43(2)22-28)34(48)42-26-9-7-25(30(18-26)35(37,38)39)21-45-12-14-46(15-13-45)51(4,49)50/h5-7,9,11,16-20,22H,12-15,21H2,1-4H3,(H,42,48). The number of amides is 1. The van der Waals surface area contributed by atoms with Crippen molar-refractivity contribution >= 4 is 38.6 Å². The maximum Gasteiger partial charge on any atom is 0.416 e. The topological polar surface area (TPSA) is 108 Å². The lowest BCUT2D eigenvalue weighted by molar-refractivity contribution is -0.138. The van der Waals surface area contributed by atoms with Gasteiger partial charge in [-0.2, -0.15) is 22.6 Å². The van der Waals surface area contributed by atoms with Gasteiger partial charge in [0.15, 0.2) is 5.65 Å². The van der Waals surface area contributed by atoms with Gasteiger partial charge in [-0.25, -0.2) is 17.8 Å². The number of pyridine rings is 1. The molecular formula is C35H34F4N8O3S. The van der Waals surface area contributed by atoms with Crippen LogP contribution in [0.5, 0.6) is 0 Å². The largest absolute Gasteiger partial charge is 0.416 e. The lowest BCUT2D eigenvalue weighted by Crippen LogP contribution is -2.47.